The Labute approximate surface area is 70.7 Å². The molecule has 0 bridgehead atoms. The summed E-state index contributed by atoms with van der Waals surface area (Å²) >= 11 is 4.70. The van der Waals surface area contributed by atoms with Gasteiger partial charge < -0.3 is 9.84 Å². The van der Waals surface area contributed by atoms with E-state index in [0.29, 0.717) is 18.1 Å². The van der Waals surface area contributed by atoms with E-state index in [2.05, 4.69) is 6.58 Å². The van der Waals surface area contributed by atoms with Gasteiger partial charge in [-0.15, -0.1) is 0 Å². The van der Waals surface area contributed by atoms with Crippen LogP contribution in [0.4, 0.5) is 0 Å². The Hall–Kier alpha value is -0.900. The summed E-state index contributed by atoms with van der Waals surface area (Å²) in [5.41, 5.74) is 0. The van der Waals surface area contributed by atoms with Crippen LogP contribution in [0.15, 0.2) is 12.7 Å². The average Bonchev–Trinajstić information content (AvgIpc) is 1.97. The maximum Gasteiger partial charge on any atom is 0.303 e. The van der Waals surface area contributed by atoms with Gasteiger partial charge in [0.15, 0.2) is 5.05 Å². The van der Waals surface area contributed by atoms with Crippen molar-refractivity contribution < 1.29 is 14.6 Å². The predicted octanol–water partition coefficient (Wildman–Crippen LogP) is 1.38. The Balaban J connectivity index is 3.37. The molecule has 3 nitrogen and oxygen atoms in total. The molecule has 0 amide bonds. The van der Waals surface area contributed by atoms with E-state index in [0.717, 1.165) is 0 Å². The molecular weight excluding hydrogens is 164 g/mol. The van der Waals surface area contributed by atoms with Crippen molar-refractivity contribution in [1.29, 1.82) is 0 Å². The molecule has 0 aliphatic carbocycles. The minimum Gasteiger partial charge on any atom is -0.483 e. The molecule has 1 N–H and O–H groups in total. The predicted molar refractivity (Wildman–Crippen MR) is 45.6 cm³/mol. The fraction of sp³-hybridized carbons (Fsp3) is 0.429. The zero-order chi connectivity index (χ0) is 8.69. The highest BCUT2D eigenvalue weighted by atomic mass is 32.1. The molecule has 0 aliphatic rings. The van der Waals surface area contributed by atoms with Gasteiger partial charge >= 0.3 is 5.97 Å². The summed E-state index contributed by atoms with van der Waals surface area (Å²) in [7, 11) is 0. The van der Waals surface area contributed by atoms with Crippen LogP contribution in [-0.2, 0) is 9.53 Å². The van der Waals surface area contributed by atoms with Crippen molar-refractivity contribution in [1.82, 2.24) is 0 Å². The van der Waals surface area contributed by atoms with Gasteiger partial charge in [0, 0.05) is 6.42 Å². The lowest BCUT2D eigenvalue weighted by Crippen LogP contribution is -2.05. The molecule has 11 heavy (non-hydrogen) atoms. The van der Waals surface area contributed by atoms with Gasteiger partial charge in [0.2, 0.25) is 0 Å². The van der Waals surface area contributed by atoms with E-state index in [1.165, 1.54) is 0 Å². The van der Waals surface area contributed by atoms with Gasteiger partial charge in [-0.2, -0.15) is 0 Å². The molecule has 0 heterocycles. The lowest BCUT2D eigenvalue weighted by molar-refractivity contribution is -0.136. The highest BCUT2D eigenvalue weighted by molar-refractivity contribution is 7.80. The molecule has 0 aliphatic heterocycles. The van der Waals surface area contributed by atoms with E-state index in [9.17, 15) is 4.79 Å². The third kappa shape index (κ3) is 6.99. The number of carboxylic acids is 1. The molecule has 0 aromatic rings. The second-order valence-electron chi connectivity index (χ2n) is 1.87. The Morgan fingerprint density at radius 3 is 2.73 bits per heavy atom. The van der Waals surface area contributed by atoms with Crippen molar-refractivity contribution in [2.24, 2.45) is 0 Å². The summed E-state index contributed by atoms with van der Waals surface area (Å²) in [5, 5.41) is 8.58. The Bertz CT molecular complexity index is 165. The van der Waals surface area contributed by atoms with Gasteiger partial charge in [-0.25, -0.2) is 0 Å². The largest absolute Gasteiger partial charge is 0.483 e. The van der Waals surface area contributed by atoms with E-state index >= 15 is 0 Å². The van der Waals surface area contributed by atoms with Gasteiger partial charge in [-0.3, -0.25) is 4.79 Å². The van der Waals surface area contributed by atoms with Crippen LogP contribution in [0.25, 0.3) is 0 Å². The molecule has 0 saturated carbocycles. The van der Waals surface area contributed by atoms with Gasteiger partial charge in [0.05, 0.1) is 6.42 Å². The number of rotatable bonds is 5. The summed E-state index contributed by atoms with van der Waals surface area (Å²) in [6.45, 7) is 3.77. The zero-order valence-electron chi connectivity index (χ0n) is 6.08. The lowest BCUT2D eigenvalue weighted by atomic mass is 10.3. The third-order valence-electron chi connectivity index (χ3n) is 0.905. The number of thiocarbonyl (C=S) groups is 1. The Morgan fingerprint density at radius 1 is 1.64 bits per heavy atom. The molecule has 0 aromatic carbocycles. The number of carbonyl (C=O) groups is 1. The molecular formula is C7H10O3S. The number of carboxylic acid groups (broad SMARTS) is 1. The first-order chi connectivity index (χ1) is 5.16. The second kappa shape index (κ2) is 5.85. The van der Waals surface area contributed by atoms with Crippen molar-refractivity contribution in [3.8, 4) is 0 Å². The van der Waals surface area contributed by atoms with E-state index in [1.807, 2.05) is 0 Å². The minimum atomic E-state index is -0.866. The van der Waals surface area contributed by atoms with Crippen LogP contribution in [0.3, 0.4) is 0 Å². The van der Waals surface area contributed by atoms with Crippen molar-refractivity contribution >= 4 is 23.2 Å². The van der Waals surface area contributed by atoms with Crippen molar-refractivity contribution in [2.75, 3.05) is 6.61 Å². The van der Waals surface area contributed by atoms with Crippen molar-refractivity contribution in [3.05, 3.63) is 12.7 Å². The Morgan fingerprint density at radius 2 is 2.27 bits per heavy atom. The molecule has 0 unspecified atom stereocenters. The summed E-state index contributed by atoms with van der Waals surface area (Å²) in [5.74, 6) is -0.866. The van der Waals surface area contributed by atoms with Crippen molar-refractivity contribution in [3.63, 3.8) is 0 Å². The minimum absolute atomic E-state index is 0.0238. The summed E-state index contributed by atoms with van der Waals surface area (Å²) in [6.07, 6.45) is 1.88. The summed E-state index contributed by atoms with van der Waals surface area (Å²) in [4.78, 5) is 10.0. The summed E-state index contributed by atoms with van der Waals surface area (Å²) < 4.78 is 4.89. The number of hydrogen-bond acceptors (Lipinski definition) is 3. The van der Waals surface area contributed by atoms with E-state index in [-0.39, 0.29) is 6.42 Å². The number of ether oxygens (including phenoxy) is 1. The molecule has 0 spiro atoms. The second-order valence-corrected chi connectivity index (χ2v) is 2.32. The van der Waals surface area contributed by atoms with E-state index in [4.69, 9.17) is 22.1 Å². The molecule has 4 heteroatoms. The van der Waals surface area contributed by atoms with E-state index < -0.39 is 5.97 Å². The molecule has 62 valence electrons. The fourth-order valence-electron chi connectivity index (χ4n) is 0.433. The van der Waals surface area contributed by atoms with Crippen LogP contribution in [0.2, 0.25) is 0 Å². The van der Waals surface area contributed by atoms with Crippen LogP contribution in [0, 0.1) is 0 Å². The average molecular weight is 174 g/mol. The number of aliphatic carboxylic acids is 1. The number of hydrogen-bond donors (Lipinski definition) is 1. The maximum atomic E-state index is 10.0. The first-order valence-electron chi connectivity index (χ1n) is 3.15. The van der Waals surface area contributed by atoms with E-state index in [1.54, 1.807) is 6.08 Å². The Kier molecular flexibility index (Phi) is 5.37. The normalized spacial score (nSPS) is 8.73. The monoisotopic (exact) mass is 174 g/mol. The van der Waals surface area contributed by atoms with Gasteiger partial charge in [-0.1, -0.05) is 12.7 Å². The SMILES string of the molecule is C=CCOC(=S)CCC(=O)O. The quantitative estimate of drug-likeness (QED) is 0.505. The van der Waals surface area contributed by atoms with Gasteiger partial charge in [-0.05, 0) is 12.2 Å². The van der Waals surface area contributed by atoms with Crippen LogP contribution in [0.5, 0.6) is 0 Å². The van der Waals surface area contributed by atoms with Gasteiger partial charge in [0.25, 0.3) is 0 Å². The van der Waals surface area contributed by atoms with Crippen LogP contribution in [0.1, 0.15) is 12.8 Å². The molecule has 0 radical (unpaired) electrons. The lowest BCUT2D eigenvalue weighted by Gasteiger charge is -2.01. The molecule has 0 atom stereocenters. The zero-order valence-corrected chi connectivity index (χ0v) is 6.89. The molecule has 0 aromatic heterocycles. The molecule has 0 fully saturated rings. The molecule has 0 saturated heterocycles. The maximum absolute atomic E-state index is 10.0. The van der Waals surface area contributed by atoms with Crippen LogP contribution < -0.4 is 0 Å². The van der Waals surface area contributed by atoms with Crippen LogP contribution >= 0.6 is 12.2 Å². The smallest absolute Gasteiger partial charge is 0.303 e. The first-order valence-corrected chi connectivity index (χ1v) is 3.56. The fourth-order valence-corrected chi connectivity index (χ4v) is 0.603. The third-order valence-corrected chi connectivity index (χ3v) is 1.23. The van der Waals surface area contributed by atoms with Crippen molar-refractivity contribution in [2.45, 2.75) is 12.8 Å². The molecule has 0 rings (SSSR count). The van der Waals surface area contributed by atoms with Gasteiger partial charge in [0.1, 0.15) is 6.61 Å². The summed E-state index contributed by atoms with van der Waals surface area (Å²) in [6, 6.07) is 0. The highest BCUT2D eigenvalue weighted by Crippen LogP contribution is 1.95. The first kappa shape index (κ1) is 10.1. The standard InChI is InChI=1S/C7H10O3S/c1-2-5-10-7(11)4-3-6(8)9/h2H,1,3-5H2,(H,8,9). The van der Waals surface area contributed by atoms with Crippen LogP contribution in [-0.4, -0.2) is 22.7 Å². The topological polar surface area (TPSA) is 46.5 Å². The highest BCUT2D eigenvalue weighted by Gasteiger charge is 2.00.